The fourth-order valence-electron chi connectivity index (χ4n) is 2.95. The zero-order valence-electron chi connectivity index (χ0n) is 14.2. The Morgan fingerprint density at radius 2 is 1.38 bits per heavy atom. The smallest absolute Gasteiger partial charge is 0.126 e. The molecule has 0 amide bonds. The molecule has 0 radical (unpaired) electrons. The van der Waals surface area contributed by atoms with Gasteiger partial charge in [-0.2, -0.15) is 0 Å². The van der Waals surface area contributed by atoms with E-state index in [0.717, 1.165) is 17.2 Å². The van der Waals surface area contributed by atoms with E-state index in [1.807, 2.05) is 25.1 Å². The van der Waals surface area contributed by atoms with Crippen LogP contribution < -0.4 is 11.1 Å². The average molecular weight is 356 g/mol. The van der Waals surface area contributed by atoms with E-state index < -0.39 is 11.6 Å². The Bertz CT molecular complexity index is 874. The summed E-state index contributed by atoms with van der Waals surface area (Å²) < 4.78 is 40.4. The van der Waals surface area contributed by atoms with Gasteiger partial charge in [-0.3, -0.25) is 5.32 Å². The van der Waals surface area contributed by atoms with Crippen molar-refractivity contribution in [2.75, 3.05) is 5.73 Å². The molecule has 0 fully saturated rings. The van der Waals surface area contributed by atoms with Crippen LogP contribution in [0.15, 0.2) is 66.7 Å². The Hall–Kier alpha value is -2.79. The van der Waals surface area contributed by atoms with E-state index in [-0.39, 0.29) is 17.9 Å². The van der Waals surface area contributed by atoms with Crippen LogP contribution in [0.3, 0.4) is 0 Å². The van der Waals surface area contributed by atoms with Crippen molar-refractivity contribution >= 4 is 5.69 Å². The van der Waals surface area contributed by atoms with Crippen LogP contribution in [-0.4, -0.2) is 0 Å². The quantitative estimate of drug-likeness (QED) is 0.622. The minimum Gasteiger partial charge on any atom is -0.399 e. The van der Waals surface area contributed by atoms with E-state index in [0.29, 0.717) is 11.3 Å². The number of nitrogens with one attached hydrogen (secondary N) is 1. The van der Waals surface area contributed by atoms with Crippen LogP contribution in [0.1, 0.15) is 35.7 Å². The van der Waals surface area contributed by atoms with Gasteiger partial charge in [0.2, 0.25) is 0 Å². The highest BCUT2D eigenvalue weighted by Gasteiger charge is 2.19. The predicted octanol–water partition coefficient (Wildman–Crippen LogP) is 5.13. The number of rotatable bonds is 5. The molecule has 26 heavy (non-hydrogen) atoms. The summed E-state index contributed by atoms with van der Waals surface area (Å²) in [7, 11) is 0. The van der Waals surface area contributed by atoms with E-state index >= 15 is 0 Å². The van der Waals surface area contributed by atoms with E-state index in [1.54, 1.807) is 18.2 Å². The predicted molar refractivity (Wildman–Crippen MR) is 97.0 cm³/mol. The molecule has 0 bridgehead atoms. The third-order valence-corrected chi connectivity index (χ3v) is 4.25. The topological polar surface area (TPSA) is 38.0 Å². The van der Waals surface area contributed by atoms with Gasteiger partial charge >= 0.3 is 0 Å². The molecule has 2 nitrogen and oxygen atoms in total. The van der Waals surface area contributed by atoms with E-state index in [9.17, 15) is 13.2 Å². The first-order valence-electron chi connectivity index (χ1n) is 8.25. The van der Waals surface area contributed by atoms with Gasteiger partial charge in [0.1, 0.15) is 17.5 Å². The Labute approximate surface area is 150 Å². The van der Waals surface area contributed by atoms with E-state index in [4.69, 9.17) is 5.73 Å². The van der Waals surface area contributed by atoms with Gasteiger partial charge in [0.25, 0.3) is 0 Å². The van der Waals surface area contributed by atoms with Gasteiger partial charge in [-0.15, -0.1) is 0 Å². The lowest BCUT2D eigenvalue weighted by molar-refractivity contribution is 0.505. The Morgan fingerprint density at radius 3 is 2.00 bits per heavy atom. The van der Waals surface area contributed by atoms with E-state index in [1.165, 1.54) is 24.3 Å². The van der Waals surface area contributed by atoms with Crippen LogP contribution in [-0.2, 0) is 0 Å². The normalized spacial score (nSPS) is 13.4. The first kappa shape index (κ1) is 18.0. The molecule has 2 atom stereocenters. The molecule has 0 spiro atoms. The van der Waals surface area contributed by atoms with E-state index in [2.05, 4.69) is 5.32 Å². The van der Waals surface area contributed by atoms with Crippen molar-refractivity contribution < 1.29 is 13.2 Å². The number of halogens is 3. The van der Waals surface area contributed by atoms with Crippen LogP contribution in [0.5, 0.6) is 0 Å². The summed E-state index contributed by atoms with van der Waals surface area (Å²) >= 11 is 0. The number of nitrogens with two attached hydrogens (primary N) is 1. The molecular weight excluding hydrogens is 337 g/mol. The largest absolute Gasteiger partial charge is 0.399 e. The second-order valence-corrected chi connectivity index (χ2v) is 6.25. The summed E-state index contributed by atoms with van der Waals surface area (Å²) in [6.07, 6.45) is 0. The lowest BCUT2D eigenvalue weighted by Gasteiger charge is -2.25. The molecule has 3 aromatic rings. The number of anilines is 1. The minimum absolute atomic E-state index is 0.319. The third kappa shape index (κ3) is 4.24. The molecule has 3 N–H and O–H groups in total. The van der Waals surface area contributed by atoms with Gasteiger partial charge in [-0.1, -0.05) is 24.3 Å². The van der Waals surface area contributed by atoms with Crippen molar-refractivity contribution in [1.82, 2.24) is 5.32 Å². The Balaban J connectivity index is 1.96. The van der Waals surface area contributed by atoms with Gasteiger partial charge in [0, 0.05) is 17.8 Å². The number of hydrogen-bond acceptors (Lipinski definition) is 2. The van der Waals surface area contributed by atoms with Crippen LogP contribution in [0.4, 0.5) is 18.9 Å². The zero-order valence-corrected chi connectivity index (χ0v) is 14.2. The second kappa shape index (κ2) is 7.62. The molecule has 134 valence electrons. The molecule has 3 rings (SSSR count). The van der Waals surface area contributed by atoms with Crippen molar-refractivity contribution in [3.05, 3.63) is 101 Å². The van der Waals surface area contributed by atoms with Crippen molar-refractivity contribution in [2.24, 2.45) is 0 Å². The zero-order chi connectivity index (χ0) is 18.7. The molecule has 0 aliphatic heterocycles. The van der Waals surface area contributed by atoms with Crippen molar-refractivity contribution in [1.29, 1.82) is 0 Å². The lowest BCUT2D eigenvalue weighted by atomic mass is 9.96. The van der Waals surface area contributed by atoms with Gasteiger partial charge in [0.15, 0.2) is 0 Å². The summed E-state index contributed by atoms with van der Waals surface area (Å²) in [6.45, 7) is 1.82. The molecule has 5 heteroatoms. The van der Waals surface area contributed by atoms with Gasteiger partial charge < -0.3 is 5.73 Å². The highest BCUT2D eigenvalue weighted by atomic mass is 19.1. The third-order valence-electron chi connectivity index (χ3n) is 4.25. The Morgan fingerprint density at radius 1 is 0.731 bits per heavy atom. The van der Waals surface area contributed by atoms with Crippen LogP contribution >= 0.6 is 0 Å². The molecule has 0 aliphatic rings. The summed E-state index contributed by atoms with van der Waals surface area (Å²) in [5.41, 5.74) is 8.67. The van der Waals surface area contributed by atoms with Crippen molar-refractivity contribution in [3.63, 3.8) is 0 Å². The van der Waals surface area contributed by atoms with Gasteiger partial charge in [0.05, 0.1) is 6.04 Å². The molecule has 0 saturated carbocycles. The number of nitrogen functional groups attached to an aromatic ring is 1. The highest BCUT2D eigenvalue weighted by molar-refractivity contribution is 5.44. The SMILES string of the molecule is C[C@@H](NC(c1ccc(F)cc1)c1cccc(N)c1)c1cc(F)cc(F)c1. The van der Waals surface area contributed by atoms with Crippen LogP contribution in [0.25, 0.3) is 0 Å². The molecule has 0 saturated heterocycles. The molecule has 0 heterocycles. The Kier molecular flexibility index (Phi) is 5.28. The summed E-state index contributed by atoms with van der Waals surface area (Å²) in [5.74, 6) is -1.59. The molecule has 0 aliphatic carbocycles. The second-order valence-electron chi connectivity index (χ2n) is 6.25. The standard InChI is InChI=1S/C21H19F3N2/c1-13(16-9-18(23)12-19(24)10-16)26-21(14-5-7-17(22)8-6-14)15-3-2-4-20(25)11-15/h2-13,21,26H,25H2,1H3/t13-,21?/m1/s1. The van der Waals surface area contributed by atoms with Crippen LogP contribution in [0.2, 0.25) is 0 Å². The fraction of sp³-hybridized carbons (Fsp3) is 0.143. The summed E-state index contributed by atoms with van der Waals surface area (Å²) in [4.78, 5) is 0. The van der Waals surface area contributed by atoms with Gasteiger partial charge in [-0.05, 0) is 60.0 Å². The fourth-order valence-corrected chi connectivity index (χ4v) is 2.95. The van der Waals surface area contributed by atoms with Gasteiger partial charge in [-0.25, -0.2) is 13.2 Å². The maximum atomic E-state index is 13.5. The number of benzene rings is 3. The molecule has 1 unspecified atom stereocenters. The first-order chi connectivity index (χ1) is 12.4. The minimum atomic E-state index is -0.629. The summed E-state index contributed by atoms with van der Waals surface area (Å²) in [5, 5.41) is 3.36. The molecular formula is C21H19F3N2. The number of hydrogen-bond donors (Lipinski definition) is 2. The lowest BCUT2D eigenvalue weighted by Crippen LogP contribution is -2.26. The maximum absolute atomic E-state index is 13.5. The van der Waals surface area contributed by atoms with Crippen LogP contribution in [0, 0.1) is 17.5 Å². The summed E-state index contributed by atoms with van der Waals surface area (Å²) in [6, 6.07) is 16.2. The van der Waals surface area contributed by atoms with Crippen molar-refractivity contribution in [2.45, 2.75) is 19.0 Å². The monoisotopic (exact) mass is 356 g/mol. The molecule has 3 aromatic carbocycles. The first-order valence-corrected chi connectivity index (χ1v) is 8.25. The maximum Gasteiger partial charge on any atom is 0.126 e. The molecule has 0 aromatic heterocycles. The highest BCUT2D eigenvalue weighted by Crippen LogP contribution is 2.28. The average Bonchev–Trinajstić information content (AvgIpc) is 2.59. The van der Waals surface area contributed by atoms with Crippen molar-refractivity contribution in [3.8, 4) is 0 Å².